The van der Waals surface area contributed by atoms with E-state index in [0.29, 0.717) is 32.9 Å². The lowest BCUT2D eigenvalue weighted by atomic mass is 9.95. The zero-order valence-electron chi connectivity index (χ0n) is 18.9. The van der Waals surface area contributed by atoms with Gasteiger partial charge in [-0.05, 0) is 25.1 Å². The first-order chi connectivity index (χ1) is 16.9. The fourth-order valence-corrected chi connectivity index (χ4v) is 3.85. The largest absolute Gasteiger partial charge is 0.423 e. The Kier molecular flexibility index (Phi) is 7.11. The van der Waals surface area contributed by atoms with Gasteiger partial charge in [0.15, 0.2) is 5.58 Å². The highest BCUT2D eigenvalue weighted by molar-refractivity contribution is 6.31. The second-order valence-electron chi connectivity index (χ2n) is 7.66. The Morgan fingerprint density at radius 1 is 1.31 bits per heavy atom. The van der Waals surface area contributed by atoms with Crippen LogP contribution in [0.15, 0.2) is 74.9 Å². The highest BCUT2D eigenvalue weighted by Crippen LogP contribution is 2.35. The summed E-state index contributed by atoms with van der Waals surface area (Å²) in [4.78, 5) is 22.2. The van der Waals surface area contributed by atoms with Crippen LogP contribution in [-0.4, -0.2) is 36.7 Å². The molecule has 1 aliphatic heterocycles. The Morgan fingerprint density at radius 2 is 2.11 bits per heavy atom. The van der Waals surface area contributed by atoms with Gasteiger partial charge in [-0.3, -0.25) is 10.1 Å². The fourth-order valence-electron chi connectivity index (χ4n) is 3.62. The molecule has 0 bridgehead atoms. The van der Waals surface area contributed by atoms with Gasteiger partial charge in [0.2, 0.25) is 5.96 Å². The Balaban J connectivity index is 1.65. The van der Waals surface area contributed by atoms with Crippen LogP contribution in [0, 0.1) is 11.2 Å². The molecule has 3 aromatic rings. The van der Waals surface area contributed by atoms with Gasteiger partial charge in [-0.25, -0.2) is 9.38 Å². The standard InChI is InChI=1S/C24H23ClFN7O2/c1-13-20(22(34)29-12-14(10-27)11-28-2)21(16-5-3-4-6-17(16)25)32-23(30-13)33-24-31-18-8-7-15(26)9-19(18)35-24/h3-11,21,27-28H,12H2,1-2H3,(H,29,34)(H2,30,31,32,33)/b14-11+,27-10?. The number of oxazole rings is 1. The molecular weight excluding hydrogens is 473 g/mol. The predicted octanol–water partition coefficient (Wildman–Crippen LogP) is 3.88. The van der Waals surface area contributed by atoms with Gasteiger partial charge in [-0.2, -0.15) is 4.98 Å². The van der Waals surface area contributed by atoms with Crippen LogP contribution in [0.3, 0.4) is 0 Å². The maximum absolute atomic E-state index is 13.5. The topological polar surface area (TPSA) is 127 Å². The molecule has 0 spiro atoms. The monoisotopic (exact) mass is 495 g/mol. The number of amides is 1. The van der Waals surface area contributed by atoms with Gasteiger partial charge in [0.05, 0.1) is 5.57 Å². The molecule has 180 valence electrons. The molecule has 4 rings (SSSR count). The van der Waals surface area contributed by atoms with Gasteiger partial charge in [-0.1, -0.05) is 29.8 Å². The van der Waals surface area contributed by atoms with Crippen LogP contribution in [0.25, 0.3) is 11.1 Å². The van der Waals surface area contributed by atoms with Crippen LogP contribution in [-0.2, 0) is 4.79 Å². The molecule has 1 aliphatic rings. The van der Waals surface area contributed by atoms with Crippen molar-refractivity contribution < 1.29 is 13.6 Å². The molecule has 1 atom stereocenters. The Labute approximate surface area is 205 Å². The molecule has 0 aliphatic carbocycles. The van der Waals surface area contributed by atoms with E-state index in [-0.39, 0.29) is 30.0 Å². The third-order valence-corrected chi connectivity index (χ3v) is 5.57. The number of aliphatic imine (C=N–C) groups is 1. The number of nitrogens with one attached hydrogen (secondary N) is 5. The van der Waals surface area contributed by atoms with Crippen molar-refractivity contribution in [2.24, 2.45) is 4.99 Å². The summed E-state index contributed by atoms with van der Waals surface area (Å²) in [5.74, 6) is -0.507. The predicted molar refractivity (Wildman–Crippen MR) is 134 cm³/mol. The van der Waals surface area contributed by atoms with E-state index < -0.39 is 11.9 Å². The normalized spacial score (nSPS) is 15.9. The minimum atomic E-state index is -0.731. The first-order valence-corrected chi connectivity index (χ1v) is 11.1. The van der Waals surface area contributed by atoms with Crippen molar-refractivity contribution in [2.75, 3.05) is 18.9 Å². The second-order valence-corrected chi connectivity index (χ2v) is 8.06. The summed E-state index contributed by atoms with van der Waals surface area (Å²) in [6, 6.07) is 10.6. The molecule has 1 unspecified atom stereocenters. The minimum Gasteiger partial charge on any atom is -0.423 e. The first-order valence-electron chi connectivity index (χ1n) is 10.7. The van der Waals surface area contributed by atoms with E-state index in [9.17, 15) is 9.18 Å². The zero-order valence-corrected chi connectivity index (χ0v) is 19.7. The van der Waals surface area contributed by atoms with Crippen LogP contribution < -0.4 is 21.3 Å². The van der Waals surface area contributed by atoms with E-state index in [2.05, 4.69) is 31.2 Å². The number of carbonyl (C=O) groups is 1. The number of benzene rings is 2. The van der Waals surface area contributed by atoms with E-state index in [1.165, 1.54) is 18.2 Å². The SMILES string of the molecule is CN/C=C(\C=N)CNC(=O)C1=C(C)NC(Nc2nc3ccc(F)cc3o2)=NC1c1ccccc1Cl. The molecule has 35 heavy (non-hydrogen) atoms. The maximum Gasteiger partial charge on any atom is 0.302 e. The number of aromatic nitrogens is 1. The molecule has 0 saturated heterocycles. The van der Waals surface area contributed by atoms with Crippen LogP contribution >= 0.6 is 11.6 Å². The fraction of sp³-hybridized carbons (Fsp3) is 0.167. The number of rotatable bonds is 7. The van der Waals surface area contributed by atoms with Gasteiger partial charge in [0.25, 0.3) is 5.91 Å². The number of anilines is 1. The number of carbonyl (C=O) groups excluding carboxylic acids is 1. The van der Waals surface area contributed by atoms with E-state index in [0.717, 1.165) is 6.21 Å². The van der Waals surface area contributed by atoms with Crippen LogP contribution in [0.5, 0.6) is 0 Å². The second kappa shape index (κ2) is 10.4. The molecular formula is C24H23ClFN7O2. The van der Waals surface area contributed by atoms with Gasteiger partial charge < -0.3 is 25.8 Å². The summed E-state index contributed by atoms with van der Waals surface area (Å²) in [5, 5.41) is 19.6. The summed E-state index contributed by atoms with van der Waals surface area (Å²) in [7, 11) is 1.72. The number of halogens is 2. The van der Waals surface area contributed by atoms with Crippen molar-refractivity contribution in [3.63, 3.8) is 0 Å². The third-order valence-electron chi connectivity index (χ3n) is 5.23. The number of hydrogen-bond donors (Lipinski definition) is 5. The maximum atomic E-state index is 13.5. The van der Waals surface area contributed by atoms with Crippen LogP contribution in [0.2, 0.25) is 5.02 Å². The average molecular weight is 496 g/mol. The van der Waals surface area contributed by atoms with E-state index in [4.69, 9.17) is 21.4 Å². The molecule has 2 heterocycles. The van der Waals surface area contributed by atoms with Gasteiger partial charge in [0.1, 0.15) is 17.4 Å². The van der Waals surface area contributed by atoms with Crippen LogP contribution in [0.4, 0.5) is 10.4 Å². The number of fused-ring (bicyclic) bond motifs is 1. The van der Waals surface area contributed by atoms with E-state index in [1.807, 2.05) is 6.07 Å². The van der Waals surface area contributed by atoms with E-state index >= 15 is 0 Å². The number of hydrogen-bond acceptors (Lipinski definition) is 8. The quantitative estimate of drug-likeness (QED) is 0.316. The zero-order chi connectivity index (χ0) is 24.9. The van der Waals surface area contributed by atoms with Crippen LogP contribution in [0.1, 0.15) is 18.5 Å². The summed E-state index contributed by atoms with van der Waals surface area (Å²) >= 11 is 6.46. The molecule has 11 heteroatoms. The third kappa shape index (κ3) is 5.33. The lowest BCUT2D eigenvalue weighted by molar-refractivity contribution is -0.117. The van der Waals surface area contributed by atoms with E-state index in [1.54, 1.807) is 38.4 Å². The number of guanidine groups is 1. The minimum absolute atomic E-state index is 0.114. The summed E-state index contributed by atoms with van der Waals surface area (Å²) < 4.78 is 19.1. The van der Waals surface area contributed by atoms with Gasteiger partial charge >= 0.3 is 6.01 Å². The van der Waals surface area contributed by atoms with Crippen molar-refractivity contribution >= 4 is 46.8 Å². The van der Waals surface area contributed by atoms with Crippen molar-refractivity contribution in [1.29, 1.82) is 5.41 Å². The van der Waals surface area contributed by atoms with Gasteiger partial charge in [0, 0.05) is 53.9 Å². The van der Waals surface area contributed by atoms with Crippen molar-refractivity contribution in [3.05, 3.63) is 81.9 Å². The Morgan fingerprint density at radius 3 is 2.86 bits per heavy atom. The molecule has 0 saturated carbocycles. The van der Waals surface area contributed by atoms with Crippen molar-refractivity contribution in [1.82, 2.24) is 20.9 Å². The molecule has 5 N–H and O–H groups in total. The molecule has 0 radical (unpaired) electrons. The lowest BCUT2D eigenvalue weighted by Gasteiger charge is -2.27. The Hall–Kier alpha value is -4.18. The summed E-state index contributed by atoms with van der Waals surface area (Å²) in [5.41, 5.74) is 2.91. The van der Waals surface area contributed by atoms with Crippen molar-refractivity contribution in [2.45, 2.75) is 13.0 Å². The smallest absolute Gasteiger partial charge is 0.302 e. The average Bonchev–Trinajstić information content (AvgIpc) is 3.22. The highest BCUT2D eigenvalue weighted by Gasteiger charge is 2.31. The molecule has 9 nitrogen and oxygen atoms in total. The first kappa shape index (κ1) is 24.0. The molecule has 0 fully saturated rings. The summed E-state index contributed by atoms with van der Waals surface area (Å²) in [6.07, 6.45) is 2.79. The lowest BCUT2D eigenvalue weighted by Crippen LogP contribution is -2.39. The molecule has 1 amide bonds. The van der Waals surface area contributed by atoms with Gasteiger partial charge in [-0.15, -0.1) is 0 Å². The summed E-state index contributed by atoms with van der Waals surface area (Å²) in [6.45, 7) is 1.90. The number of nitrogens with zero attached hydrogens (tertiary/aromatic N) is 2. The highest BCUT2D eigenvalue weighted by atomic mass is 35.5. The molecule has 1 aromatic heterocycles. The Bertz CT molecular complexity index is 1380. The van der Waals surface area contributed by atoms with Crippen molar-refractivity contribution in [3.8, 4) is 0 Å². The molecule has 2 aromatic carbocycles. The number of allylic oxidation sites excluding steroid dienone is 1.